The van der Waals surface area contributed by atoms with Crippen molar-refractivity contribution in [3.05, 3.63) is 0 Å². The van der Waals surface area contributed by atoms with Gasteiger partial charge >= 0.3 is 0 Å². The van der Waals surface area contributed by atoms with Crippen molar-refractivity contribution >= 4 is 5.91 Å². The molecule has 1 unspecified atom stereocenters. The van der Waals surface area contributed by atoms with Gasteiger partial charge in [-0.15, -0.1) is 0 Å². The van der Waals surface area contributed by atoms with E-state index < -0.39 is 25.4 Å². The van der Waals surface area contributed by atoms with Crippen LogP contribution in [0.15, 0.2) is 0 Å². The Morgan fingerprint density at radius 1 is 1.33 bits per heavy atom. The quantitative estimate of drug-likeness (QED) is 0.353. The summed E-state index contributed by atoms with van der Waals surface area (Å²) in [6, 6.07) is -0.283. The van der Waals surface area contributed by atoms with Crippen LogP contribution >= 0.6 is 0 Å². The number of carbonyl (C=O) groups excluding carboxylic acids is 1. The van der Waals surface area contributed by atoms with Gasteiger partial charge in [0.1, 0.15) is 5.54 Å². The number of amides is 1. The van der Waals surface area contributed by atoms with Crippen LogP contribution in [0.1, 0.15) is 12.8 Å². The summed E-state index contributed by atoms with van der Waals surface area (Å²) in [7, 11) is 0. The fraction of sp³-hybridized carbons (Fsp3) is 0.889. The van der Waals surface area contributed by atoms with Crippen molar-refractivity contribution in [3.8, 4) is 0 Å². The Morgan fingerprint density at radius 2 is 1.93 bits per heavy atom. The van der Waals surface area contributed by atoms with Crippen molar-refractivity contribution in [3.63, 3.8) is 0 Å². The maximum absolute atomic E-state index is 11.6. The van der Waals surface area contributed by atoms with Gasteiger partial charge in [0, 0.05) is 0 Å². The number of aliphatic hydroxyl groups is 3. The van der Waals surface area contributed by atoms with Gasteiger partial charge in [0.05, 0.1) is 25.9 Å². The number of rotatable bonds is 5. The monoisotopic (exact) mass is 218 g/mol. The third-order valence-electron chi connectivity index (χ3n) is 2.67. The van der Waals surface area contributed by atoms with Crippen LogP contribution in [0.2, 0.25) is 0 Å². The molecular weight excluding hydrogens is 200 g/mol. The van der Waals surface area contributed by atoms with Crippen LogP contribution in [0.25, 0.3) is 0 Å². The predicted octanol–water partition coefficient (Wildman–Crippen LogP) is -2.43. The molecule has 0 bridgehead atoms. The highest BCUT2D eigenvalue weighted by atomic mass is 16.3. The summed E-state index contributed by atoms with van der Waals surface area (Å²) in [5.74, 6) is -0.287. The van der Waals surface area contributed by atoms with Gasteiger partial charge in [0.15, 0.2) is 0 Å². The minimum absolute atomic E-state index is 0.283. The van der Waals surface area contributed by atoms with Gasteiger partial charge < -0.3 is 26.0 Å². The zero-order chi connectivity index (χ0) is 11.3. The first kappa shape index (κ1) is 12.4. The molecule has 0 spiro atoms. The lowest BCUT2D eigenvalue weighted by atomic mass is 10.0. The zero-order valence-corrected chi connectivity index (χ0v) is 8.57. The van der Waals surface area contributed by atoms with Crippen molar-refractivity contribution in [2.75, 3.05) is 26.4 Å². The van der Waals surface area contributed by atoms with Crippen LogP contribution < -0.4 is 10.6 Å². The minimum atomic E-state index is -1.32. The molecule has 6 heteroatoms. The summed E-state index contributed by atoms with van der Waals surface area (Å²) in [5, 5.41) is 32.5. The number of hydrogen-bond donors (Lipinski definition) is 5. The smallest absolute Gasteiger partial charge is 0.237 e. The lowest BCUT2D eigenvalue weighted by Crippen LogP contribution is -2.60. The van der Waals surface area contributed by atoms with Gasteiger partial charge in [-0.1, -0.05) is 0 Å². The summed E-state index contributed by atoms with van der Waals surface area (Å²) in [5.41, 5.74) is -1.32. The zero-order valence-electron chi connectivity index (χ0n) is 8.57. The summed E-state index contributed by atoms with van der Waals surface area (Å²) in [6.45, 7) is -0.669. The van der Waals surface area contributed by atoms with Crippen molar-refractivity contribution < 1.29 is 20.1 Å². The number of nitrogens with one attached hydrogen (secondary N) is 2. The van der Waals surface area contributed by atoms with Crippen molar-refractivity contribution in [1.82, 2.24) is 10.6 Å². The summed E-state index contributed by atoms with van der Waals surface area (Å²) in [4.78, 5) is 11.6. The predicted molar refractivity (Wildman–Crippen MR) is 53.2 cm³/mol. The minimum Gasteiger partial charge on any atom is -0.394 e. The molecule has 1 rings (SSSR count). The van der Waals surface area contributed by atoms with Crippen LogP contribution in [0.3, 0.4) is 0 Å². The van der Waals surface area contributed by atoms with Gasteiger partial charge in [-0.05, 0) is 19.4 Å². The lowest BCUT2D eigenvalue weighted by molar-refractivity contribution is -0.127. The van der Waals surface area contributed by atoms with E-state index >= 15 is 0 Å². The highest BCUT2D eigenvalue weighted by molar-refractivity contribution is 5.82. The second-order valence-electron chi connectivity index (χ2n) is 3.89. The first-order chi connectivity index (χ1) is 7.17. The average molecular weight is 218 g/mol. The third-order valence-corrected chi connectivity index (χ3v) is 2.67. The highest BCUT2D eigenvalue weighted by Gasteiger charge is 2.33. The Morgan fingerprint density at radius 3 is 2.33 bits per heavy atom. The highest BCUT2D eigenvalue weighted by Crippen LogP contribution is 2.08. The second kappa shape index (κ2) is 5.41. The summed E-state index contributed by atoms with van der Waals surface area (Å²) in [6.07, 6.45) is 1.67. The van der Waals surface area contributed by atoms with E-state index in [0.717, 1.165) is 19.4 Å². The lowest BCUT2D eigenvalue weighted by Gasteiger charge is -2.29. The van der Waals surface area contributed by atoms with E-state index in [0.29, 0.717) is 0 Å². The Hall–Kier alpha value is -0.690. The van der Waals surface area contributed by atoms with Crippen LogP contribution in [0, 0.1) is 0 Å². The normalized spacial score (nSPS) is 21.7. The first-order valence-corrected chi connectivity index (χ1v) is 5.05. The van der Waals surface area contributed by atoms with E-state index in [-0.39, 0.29) is 11.9 Å². The maximum atomic E-state index is 11.6. The summed E-state index contributed by atoms with van der Waals surface area (Å²) >= 11 is 0. The SMILES string of the molecule is O=C(NC(CO)(CO)CO)C1CCCN1. The third kappa shape index (κ3) is 2.88. The van der Waals surface area contributed by atoms with Crippen LogP contribution in [0.4, 0.5) is 0 Å². The molecule has 6 nitrogen and oxygen atoms in total. The van der Waals surface area contributed by atoms with Crippen molar-refractivity contribution in [2.45, 2.75) is 24.4 Å². The summed E-state index contributed by atoms with van der Waals surface area (Å²) < 4.78 is 0. The van der Waals surface area contributed by atoms with Gasteiger partial charge in [0.25, 0.3) is 0 Å². The molecule has 1 amide bonds. The number of hydrogen-bond acceptors (Lipinski definition) is 5. The van der Waals surface area contributed by atoms with Crippen LogP contribution in [-0.2, 0) is 4.79 Å². The van der Waals surface area contributed by atoms with Crippen LogP contribution in [-0.4, -0.2) is 59.2 Å². The largest absolute Gasteiger partial charge is 0.394 e. The molecule has 0 saturated carbocycles. The molecule has 5 N–H and O–H groups in total. The van der Waals surface area contributed by atoms with Gasteiger partial charge in [-0.2, -0.15) is 0 Å². The Kier molecular flexibility index (Phi) is 4.46. The second-order valence-corrected chi connectivity index (χ2v) is 3.89. The molecule has 1 heterocycles. The number of aliphatic hydroxyl groups excluding tert-OH is 3. The molecular formula is C9H18N2O4. The van der Waals surface area contributed by atoms with E-state index in [1.807, 2.05) is 0 Å². The number of carbonyl (C=O) groups is 1. The van der Waals surface area contributed by atoms with E-state index in [1.54, 1.807) is 0 Å². The molecule has 1 aliphatic heterocycles. The topological polar surface area (TPSA) is 102 Å². The molecule has 88 valence electrons. The molecule has 0 aromatic rings. The molecule has 1 fully saturated rings. The van der Waals surface area contributed by atoms with Gasteiger partial charge in [0.2, 0.25) is 5.91 Å². The van der Waals surface area contributed by atoms with Crippen molar-refractivity contribution in [1.29, 1.82) is 0 Å². The first-order valence-electron chi connectivity index (χ1n) is 5.05. The Bertz CT molecular complexity index is 204. The fourth-order valence-electron chi connectivity index (χ4n) is 1.53. The molecule has 1 saturated heterocycles. The average Bonchev–Trinajstić information content (AvgIpc) is 2.79. The molecule has 1 aliphatic rings. The maximum Gasteiger partial charge on any atom is 0.237 e. The molecule has 15 heavy (non-hydrogen) atoms. The Balaban J connectivity index is 2.53. The van der Waals surface area contributed by atoms with E-state index in [4.69, 9.17) is 15.3 Å². The van der Waals surface area contributed by atoms with E-state index in [1.165, 1.54) is 0 Å². The van der Waals surface area contributed by atoms with Gasteiger partial charge in [-0.25, -0.2) is 0 Å². The van der Waals surface area contributed by atoms with E-state index in [9.17, 15) is 4.79 Å². The Labute approximate surface area is 88.3 Å². The van der Waals surface area contributed by atoms with E-state index in [2.05, 4.69) is 10.6 Å². The molecule has 0 aromatic carbocycles. The molecule has 0 aromatic heterocycles. The van der Waals surface area contributed by atoms with Crippen molar-refractivity contribution in [2.24, 2.45) is 0 Å². The molecule has 1 atom stereocenters. The molecule has 0 aliphatic carbocycles. The van der Waals surface area contributed by atoms with Crippen LogP contribution in [0.5, 0.6) is 0 Å². The fourth-order valence-corrected chi connectivity index (χ4v) is 1.53. The molecule has 0 radical (unpaired) electrons. The standard InChI is InChI=1S/C9H18N2O4/c12-4-9(5-13,6-14)11-8(15)7-2-1-3-10-7/h7,10,12-14H,1-6H2,(H,11,15). The van der Waals surface area contributed by atoms with Gasteiger partial charge in [-0.3, -0.25) is 4.79 Å².